The highest BCUT2D eigenvalue weighted by Gasteiger charge is 2.26. The summed E-state index contributed by atoms with van der Waals surface area (Å²) in [4.78, 5) is 26.1. The average molecular weight is 338 g/mol. The maximum atomic E-state index is 12.2. The highest BCUT2D eigenvalue weighted by atomic mass is 16.6. The largest absolute Gasteiger partial charge is 0.424 e. The van der Waals surface area contributed by atoms with E-state index in [2.05, 4.69) is 4.98 Å². The molecule has 6 nitrogen and oxygen atoms in total. The van der Waals surface area contributed by atoms with Crippen LogP contribution < -0.4 is 4.74 Å². The van der Waals surface area contributed by atoms with Gasteiger partial charge in [0.2, 0.25) is 0 Å². The number of H-pyrrole nitrogens is 1. The molecule has 0 fully saturated rings. The minimum absolute atomic E-state index is 0.0565. The Labute approximate surface area is 144 Å². The lowest BCUT2D eigenvalue weighted by molar-refractivity contribution is -0.384. The van der Waals surface area contributed by atoms with E-state index in [4.69, 9.17) is 4.74 Å². The van der Waals surface area contributed by atoms with Crippen LogP contribution >= 0.6 is 0 Å². The molecule has 2 aromatic carbocycles. The van der Waals surface area contributed by atoms with Crippen molar-refractivity contribution in [2.45, 2.75) is 20.8 Å². The fourth-order valence-corrected chi connectivity index (χ4v) is 2.48. The Morgan fingerprint density at radius 3 is 2.44 bits per heavy atom. The summed E-state index contributed by atoms with van der Waals surface area (Å²) in [7, 11) is 0. The van der Waals surface area contributed by atoms with Crippen molar-refractivity contribution < 1.29 is 14.5 Å². The van der Waals surface area contributed by atoms with Crippen molar-refractivity contribution in [1.82, 2.24) is 4.98 Å². The number of hydrogen-bond donors (Lipinski definition) is 1. The number of nitrogens with zero attached hydrogens (tertiary/aromatic N) is 1. The quantitative estimate of drug-likeness (QED) is 0.426. The number of fused-ring (bicyclic) bond motifs is 1. The Morgan fingerprint density at radius 2 is 1.84 bits per heavy atom. The van der Waals surface area contributed by atoms with E-state index in [0.717, 1.165) is 5.56 Å². The summed E-state index contributed by atoms with van der Waals surface area (Å²) in [5.74, 6) is -0.114. The standard InChI is InChI=1S/C19H18N2O4/c1-19(2,3)18(22)25-16-11-20-17-14(12-7-5-4-6-8-12)9-13(21(23)24)10-15(16)17/h4-11,20H,1-3H3. The molecule has 25 heavy (non-hydrogen) atoms. The van der Waals surface area contributed by atoms with E-state index in [9.17, 15) is 14.9 Å². The van der Waals surface area contributed by atoms with Crippen LogP contribution in [0.25, 0.3) is 22.0 Å². The van der Waals surface area contributed by atoms with Crippen molar-refractivity contribution in [3.05, 3.63) is 58.8 Å². The van der Waals surface area contributed by atoms with Gasteiger partial charge in [0, 0.05) is 29.3 Å². The molecule has 0 aliphatic carbocycles. The Morgan fingerprint density at radius 1 is 1.16 bits per heavy atom. The van der Waals surface area contributed by atoms with Gasteiger partial charge >= 0.3 is 5.97 Å². The average Bonchev–Trinajstić information content (AvgIpc) is 2.97. The number of nitro groups is 1. The van der Waals surface area contributed by atoms with Gasteiger partial charge in [-0.2, -0.15) is 0 Å². The first-order valence-corrected chi connectivity index (χ1v) is 7.84. The SMILES string of the molecule is CC(C)(C)C(=O)Oc1c[nH]c2c(-c3ccccc3)cc([N+](=O)[O-])cc12. The minimum Gasteiger partial charge on any atom is -0.424 e. The number of rotatable bonds is 3. The molecular weight excluding hydrogens is 320 g/mol. The number of carbonyl (C=O) groups is 1. The molecule has 0 aliphatic heterocycles. The fraction of sp³-hybridized carbons (Fsp3) is 0.211. The van der Waals surface area contributed by atoms with Gasteiger partial charge in [-0.3, -0.25) is 14.9 Å². The molecule has 0 aliphatic rings. The van der Waals surface area contributed by atoms with E-state index in [1.165, 1.54) is 12.1 Å². The lowest BCUT2D eigenvalue weighted by Crippen LogP contribution is -2.25. The lowest BCUT2D eigenvalue weighted by atomic mass is 9.97. The van der Waals surface area contributed by atoms with Gasteiger partial charge in [0.15, 0.2) is 5.75 Å². The highest BCUT2D eigenvalue weighted by molar-refractivity contribution is 6.00. The molecule has 128 valence electrons. The van der Waals surface area contributed by atoms with Crippen LogP contribution in [0.15, 0.2) is 48.7 Å². The first-order valence-electron chi connectivity index (χ1n) is 7.84. The Hall–Kier alpha value is -3.15. The zero-order valence-electron chi connectivity index (χ0n) is 14.2. The van der Waals surface area contributed by atoms with Crippen LogP contribution in [-0.2, 0) is 4.79 Å². The highest BCUT2D eigenvalue weighted by Crippen LogP contribution is 2.37. The zero-order chi connectivity index (χ0) is 18.2. The molecule has 3 aromatic rings. The number of aromatic amines is 1. The van der Waals surface area contributed by atoms with E-state index in [-0.39, 0.29) is 11.4 Å². The van der Waals surface area contributed by atoms with E-state index in [1.54, 1.807) is 27.0 Å². The maximum absolute atomic E-state index is 12.2. The Balaban J connectivity index is 2.19. The third kappa shape index (κ3) is 3.24. The van der Waals surface area contributed by atoms with Gasteiger partial charge in [-0.1, -0.05) is 30.3 Å². The van der Waals surface area contributed by atoms with Crippen molar-refractivity contribution >= 4 is 22.6 Å². The van der Waals surface area contributed by atoms with Crippen LogP contribution in [0, 0.1) is 15.5 Å². The second-order valence-corrected chi connectivity index (χ2v) is 6.83. The van der Waals surface area contributed by atoms with E-state index in [0.29, 0.717) is 16.5 Å². The summed E-state index contributed by atoms with van der Waals surface area (Å²) in [6.07, 6.45) is 1.56. The molecular formula is C19H18N2O4. The zero-order valence-corrected chi connectivity index (χ0v) is 14.2. The van der Waals surface area contributed by atoms with Gasteiger partial charge in [0.1, 0.15) is 0 Å². The van der Waals surface area contributed by atoms with Crippen molar-refractivity contribution in [2.24, 2.45) is 5.41 Å². The molecule has 3 rings (SSSR count). The van der Waals surface area contributed by atoms with Crippen LogP contribution in [-0.4, -0.2) is 15.9 Å². The number of benzene rings is 2. The summed E-state index contributed by atoms with van der Waals surface area (Å²) in [6.45, 7) is 5.26. The van der Waals surface area contributed by atoms with Crippen molar-refractivity contribution in [3.8, 4) is 16.9 Å². The summed E-state index contributed by atoms with van der Waals surface area (Å²) < 4.78 is 5.46. The topological polar surface area (TPSA) is 85.2 Å². The molecule has 0 bridgehead atoms. The molecule has 0 saturated carbocycles. The normalized spacial score (nSPS) is 11.5. The van der Waals surface area contributed by atoms with Gasteiger partial charge < -0.3 is 9.72 Å². The number of hydrogen-bond acceptors (Lipinski definition) is 4. The van der Waals surface area contributed by atoms with Gasteiger partial charge in [-0.05, 0) is 26.3 Å². The summed E-state index contributed by atoms with van der Waals surface area (Å²) in [5, 5.41) is 11.8. The van der Waals surface area contributed by atoms with Crippen molar-refractivity contribution in [2.75, 3.05) is 0 Å². The Kier molecular flexibility index (Phi) is 4.04. The molecule has 0 atom stereocenters. The van der Waals surface area contributed by atoms with Crippen LogP contribution in [0.5, 0.6) is 5.75 Å². The molecule has 6 heteroatoms. The van der Waals surface area contributed by atoms with Crippen LogP contribution in [0.4, 0.5) is 5.69 Å². The number of non-ortho nitro benzene ring substituents is 1. The molecule has 0 unspecified atom stereocenters. The first-order chi connectivity index (χ1) is 11.8. The third-order valence-corrected chi connectivity index (χ3v) is 3.85. The van der Waals surface area contributed by atoms with Gasteiger partial charge in [0.05, 0.1) is 15.9 Å². The molecule has 1 aromatic heterocycles. The summed E-state index contributed by atoms with van der Waals surface area (Å²) >= 11 is 0. The molecule has 1 N–H and O–H groups in total. The molecule has 0 saturated heterocycles. The minimum atomic E-state index is -0.674. The van der Waals surface area contributed by atoms with E-state index < -0.39 is 16.3 Å². The number of nitro benzene ring substituents is 1. The van der Waals surface area contributed by atoms with Gasteiger partial charge in [-0.25, -0.2) is 0 Å². The number of carbonyl (C=O) groups excluding carboxylic acids is 1. The lowest BCUT2D eigenvalue weighted by Gasteiger charge is -2.15. The molecule has 1 heterocycles. The number of nitrogens with one attached hydrogen (secondary N) is 1. The van der Waals surface area contributed by atoms with Crippen molar-refractivity contribution in [1.29, 1.82) is 0 Å². The number of esters is 1. The number of aromatic nitrogens is 1. The van der Waals surface area contributed by atoms with Gasteiger partial charge in [0.25, 0.3) is 5.69 Å². The summed E-state index contributed by atoms with van der Waals surface area (Å²) in [6, 6.07) is 12.3. The maximum Gasteiger partial charge on any atom is 0.316 e. The van der Waals surface area contributed by atoms with E-state index >= 15 is 0 Å². The predicted molar refractivity (Wildman–Crippen MR) is 95.5 cm³/mol. The van der Waals surface area contributed by atoms with Crippen LogP contribution in [0.2, 0.25) is 0 Å². The smallest absolute Gasteiger partial charge is 0.316 e. The first kappa shape index (κ1) is 16.7. The second-order valence-electron chi connectivity index (χ2n) is 6.83. The van der Waals surface area contributed by atoms with Gasteiger partial charge in [-0.15, -0.1) is 0 Å². The fourth-order valence-electron chi connectivity index (χ4n) is 2.48. The summed E-state index contributed by atoms with van der Waals surface area (Å²) in [5.41, 5.74) is 1.48. The number of ether oxygens (including phenoxy) is 1. The van der Waals surface area contributed by atoms with Crippen molar-refractivity contribution in [3.63, 3.8) is 0 Å². The molecule has 0 amide bonds. The molecule has 0 spiro atoms. The predicted octanol–water partition coefficient (Wildman–Crippen LogP) is 4.69. The van der Waals surface area contributed by atoms with Crippen LogP contribution in [0.1, 0.15) is 20.8 Å². The second kappa shape index (κ2) is 6.05. The Bertz CT molecular complexity index is 953. The van der Waals surface area contributed by atoms with Crippen LogP contribution in [0.3, 0.4) is 0 Å². The third-order valence-electron chi connectivity index (χ3n) is 3.85. The van der Waals surface area contributed by atoms with E-state index in [1.807, 2.05) is 30.3 Å². The molecule has 0 radical (unpaired) electrons. The monoisotopic (exact) mass is 338 g/mol.